The molecule has 3 aromatic rings. The quantitative estimate of drug-likeness (QED) is 0.688. The van der Waals surface area contributed by atoms with Gasteiger partial charge in [-0.05, 0) is 12.8 Å². The third-order valence-electron chi connectivity index (χ3n) is 4.85. The zero-order valence-electron chi connectivity index (χ0n) is 15.7. The molecule has 4 rings (SSSR count). The fourth-order valence-corrected chi connectivity index (χ4v) is 3.29. The molecule has 27 heavy (non-hydrogen) atoms. The molecular formula is C17H23N9O. The maximum absolute atomic E-state index is 12.2. The van der Waals surface area contributed by atoms with Crippen LogP contribution in [0.1, 0.15) is 12.8 Å². The largest absolute Gasteiger partial charge is 0.367 e. The third-order valence-corrected chi connectivity index (χ3v) is 4.85. The van der Waals surface area contributed by atoms with E-state index >= 15 is 0 Å². The van der Waals surface area contributed by atoms with Crippen LogP contribution in [0.25, 0.3) is 11.0 Å². The summed E-state index contributed by atoms with van der Waals surface area (Å²) in [6.07, 6.45) is 4.97. The fourth-order valence-electron chi connectivity index (χ4n) is 3.29. The number of nitrogens with zero attached hydrogens (tertiary/aromatic N) is 7. The molecule has 1 aliphatic rings. The molecule has 0 spiro atoms. The van der Waals surface area contributed by atoms with Crippen LogP contribution in [0.5, 0.6) is 0 Å². The second kappa shape index (κ2) is 6.86. The van der Waals surface area contributed by atoms with Crippen molar-refractivity contribution >= 4 is 28.6 Å². The molecule has 0 bridgehead atoms. The Balaban J connectivity index is 1.44. The van der Waals surface area contributed by atoms with E-state index in [2.05, 4.69) is 35.3 Å². The topological polar surface area (TPSA) is 108 Å². The average molecular weight is 369 g/mol. The number of fused-ring (bicyclic) bond motifs is 1. The van der Waals surface area contributed by atoms with E-state index in [0.29, 0.717) is 23.0 Å². The molecule has 10 nitrogen and oxygen atoms in total. The lowest BCUT2D eigenvalue weighted by Gasteiger charge is -2.33. The Morgan fingerprint density at radius 1 is 1.26 bits per heavy atom. The van der Waals surface area contributed by atoms with E-state index in [9.17, 15) is 4.79 Å². The van der Waals surface area contributed by atoms with Gasteiger partial charge in [0.25, 0.3) is 5.56 Å². The first kappa shape index (κ1) is 17.3. The van der Waals surface area contributed by atoms with Gasteiger partial charge in [-0.3, -0.25) is 14.5 Å². The van der Waals surface area contributed by atoms with Crippen LogP contribution in [0.15, 0.2) is 23.4 Å². The summed E-state index contributed by atoms with van der Waals surface area (Å²) in [5.74, 6) is 2.30. The number of hydrogen-bond donors (Lipinski definition) is 2. The van der Waals surface area contributed by atoms with E-state index in [1.165, 1.54) is 0 Å². The van der Waals surface area contributed by atoms with Crippen LogP contribution in [0.4, 0.5) is 17.6 Å². The zero-order valence-corrected chi connectivity index (χ0v) is 15.7. The van der Waals surface area contributed by atoms with Crippen molar-refractivity contribution in [2.45, 2.75) is 18.9 Å². The smallest absolute Gasteiger partial charge is 0.263 e. The average Bonchev–Trinajstić information content (AvgIpc) is 3.04. The summed E-state index contributed by atoms with van der Waals surface area (Å²) in [7, 11) is 5.70. The number of anilines is 3. The molecule has 0 atom stereocenters. The second-order valence-corrected chi connectivity index (χ2v) is 6.96. The van der Waals surface area contributed by atoms with Crippen molar-refractivity contribution < 1.29 is 0 Å². The molecule has 0 saturated carbocycles. The van der Waals surface area contributed by atoms with Crippen LogP contribution in [0.3, 0.4) is 0 Å². The number of aromatic amines is 1. The standard InChI is InChI=1S/C17H23N9O/c1-24(2)14-8-13(18-10-19-14)21-11-4-6-26(7-5-11)17-22-15-12(16(27)23-17)9-20-25(15)3/h8-11H,4-7H2,1-3H3,(H,18,19,21)(H,22,23,27). The van der Waals surface area contributed by atoms with Crippen molar-refractivity contribution in [1.29, 1.82) is 0 Å². The molecular weight excluding hydrogens is 346 g/mol. The molecule has 10 heteroatoms. The Kier molecular flexibility index (Phi) is 4.38. The summed E-state index contributed by atoms with van der Waals surface area (Å²) in [6, 6.07) is 2.26. The van der Waals surface area contributed by atoms with Gasteiger partial charge in [0, 0.05) is 46.3 Å². The van der Waals surface area contributed by atoms with Crippen molar-refractivity contribution in [3.05, 3.63) is 28.9 Å². The van der Waals surface area contributed by atoms with Gasteiger partial charge in [0.15, 0.2) is 5.65 Å². The molecule has 1 saturated heterocycles. The Labute approximate surface area is 156 Å². The second-order valence-electron chi connectivity index (χ2n) is 6.96. The van der Waals surface area contributed by atoms with Gasteiger partial charge in [-0.2, -0.15) is 10.1 Å². The van der Waals surface area contributed by atoms with E-state index in [1.807, 2.05) is 25.1 Å². The minimum absolute atomic E-state index is 0.152. The van der Waals surface area contributed by atoms with Crippen LogP contribution in [-0.2, 0) is 7.05 Å². The summed E-state index contributed by atoms with van der Waals surface area (Å²) in [5.41, 5.74) is 0.451. The van der Waals surface area contributed by atoms with Gasteiger partial charge in [-0.1, -0.05) is 0 Å². The van der Waals surface area contributed by atoms with Crippen LogP contribution < -0.4 is 20.7 Å². The molecule has 0 amide bonds. The molecule has 4 heterocycles. The van der Waals surface area contributed by atoms with E-state index in [4.69, 9.17) is 0 Å². The Bertz CT molecular complexity index is 1000. The Hall–Kier alpha value is -3.17. The van der Waals surface area contributed by atoms with Crippen LogP contribution in [0.2, 0.25) is 0 Å². The van der Waals surface area contributed by atoms with E-state index in [1.54, 1.807) is 24.3 Å². The number of piperidine rings is 1. The highest BCUT2D eigenvalue weighted by Crippen LogP contribution is 2.20. The summed E-state index contributed by atoms with van der Waals surface area (Å²) in [5, 5.41) is 8.11. The highest BCUT2D eigenvalue weighted by molar-refractivity contribution is 5.74. The minimum Gasteiger partial charge on any atom is -0.367 e. The van der Waals surface area contributed by atoms with Gasteiger partial charge in [-0.25, -0.2) is 9.97 Å². The summed E-state index contributed by atoms with van der Waals surface area (Å²) in [6.45, 7) is 1.60. The number of hydrogen-bond acceptors (Lipinski definition) is 8. The molecule has 0 unspecified atom stereocenters. The van der Waals surface area contributed by atoms with Gasteiger partial charge in [0.1, 0.15) is 23.3 Å². The molecule has 142 valence electrons. The van der Waals surface area contributed by atoms with Crippen molar-refractivity contribution in [3.8, 4) is 0 Å². The highest BCUT2D eigenvalue weighted by atomic mass is 16.1. The summed E-state index contributed by atoms with van der Waals surface area (Å²) >= 11 is 0. The molecule has 1 aliphatic heterocycles. The lowest BCUT2D eigenvalue weighted by atomic mass is 10.1. The lowest BCUT2D eigenvalue weighted by Crippen LogP contribution is -2.40. The summed E-state index contributed by atoms with van der Waals surface area (Å²) in [4.78, 5) is 32.3. The van der Waals surface area contributed by atoms with Gasteiger partial charge in [0.05, 0.1) is 6.20 Å². The monoisotopic (exact) mass is 369 g/mol. The van der Waals surface area contributed by atoms with E-state index < -0.39 is 0 Å². The molecule has 0 radical (unpaired) electrons. The first-order valence-corrected chi connectivity index (χ1v) is 8.94. The van der Waals surface area contributed by atoms with Crippen molar-refractivity contribution in [1.82, 2.24) is 29.7 Å². The third kappa shape index (κ3) is 3.42. The first-order valence-electron chi connectivity index (χ1n) is 8.94. The van der Waals surface area contributed by atoms with Crippen LogP contribution in [-0.4, -0.2) is 62.9 Å². The minimum atomic E-state index is -0.152. The van der Waals surface area contributed by atoms with Gasteiger partial charge in [0.2, 0.25) is 5.95 Å². The summed E-state index contributed by atoms with van der Waals surface area (Å²) < 4.78 is 1.62. The molecule has 0 aliphatic carbocycles. The van der Waals surface area contributed by atoms with E-state index in [-0.39, 0.29) is 5.56 Å². The normalized spacial score (nSPS) is 15.3. The molecule has 1 fully saturated rings. The highest BCUT2D eigenvalue weighted by Gasteiger charge is 2.22. The number of aryl methyl sites for hydroxylation is 1. The Morgan fingerprint density at radius 3 is 2.78 bits per heavy atom. The fraction of sp³-hybridized carbons (Fsp3) is 0.471. The maximum Gasteiger partial charge on any atom is 0.263 e. The molecule has 3 aromatic heterocycles. The van der Waals surface area contributed by atoms with Crippen molar-refractivity contribution in [2.24, 2.45) is 7.05 Å². The van der Waals surface area contributed by atoms with Gasteiger partial charge < -0.3 is 15.1 Å². The lowest BCUT2D eigenvalue weighted by molar-refractivity contribution is 0.518. The number of aromatic nitrogens is 6. The number of H-pyrrole nitrogens is 1. The Morgan fingerprint density at radius 2 is 2.04 bits per heavy atom. The van der Waals surface area contributed by atoms with Crippen molar-refractivity contribution in [2.75, 3.05) is 42.3 Å². The van der Waals surface area contributed by atoms with E-state index in [0.717, 1.165) is 37.6 Å². The van der Waals surface area contributed by atoms with Gasteiger partial charge in [-0.15, -0.1) is 0 Å². The molecule has 2 N–H and O–H groups in total. The first-order chi connectivity index (χ1) is 13.0. The van der Waals surface area contributed by atoms with Gasteiger partial charge >= 0.3 is 0 Å². The van der Waals surface area contributed by atoms with Crippen molar-refractivity contribution in [3.63, 3.8) is 0 Å². The maximum atomic E-state index is 12.2. The molecule has 0 aromatic carbocycles. The predicted molar refractivity (Wildman–Crippen MR) is 104 cm³/mol. The number of nitrogens with one attached hydrogen (secondary N) is 2. The van der Waals surface area contributed by atoms with Crippen LogP contribution in [0, 0.1) is 0 Å². The SMILES string of the molecule is CN(C)c1cc(NC2CCN(c3nc4c(cnn4C)c(=O)[nH]3)CC2)ncn1. The number of rotatable bonds is 4. The zero-order chi connectivity index (χ0) is 19.0. The van der Waals surface area contributed by atoms with Crippen LogP contribution >= 0.6 is 0 Å². The predicted octanol–water partition coefficient (Wildman–Crippen LogP) is 0.594.